The van der Waals surface area contributed by atoms with Crippen LogP contribution in [0.5, 0.6) is 11.5 Å². The predicted octanol–water partition coefficient (Wildman–Crippen LogP) is 3.78. The average molecular weight is 572 g/mol. The molecule has 0 saturated heterocycles. The van der Waals surface area contributed by atoms with E-state index in [4.69, 9.17) is 18.9 Å². The maximum Gasteiger partial charge on any atom is 0.256 e. The standard InChI is InChI=1S/C27H29N3O7S2/c1-18-22(16-28)27(38-25(18)15-19-4-9-23-24(14-19)37-17-36-23)29-26(31)20-5-7-21(8-6-20)39(32,33)30(10-12-34-2)11-13-35-3/h4-9,14H,10-13,15,17H2,1-3H3,(H,29,31). The molecule has 0 unspecified atom stereocenters. The molecule has 1 aliphatic rings. The summed E-state index contributed by atoms with van der Waals surface area (Å²) in [5, 5.41) is 13.0. The average Bonchev–Trinajstić information content (AvgIpc) is 3.52. The van der Waals surface area contributed by atoms with Crippen LogP contribution >= 0.6 is 11.3 Å². The van der Waals surface area contributed by atoms with Crippen LogP contribution in [0.25, 0.3) is 0 Å². The second-order valence-corrected chi connectivity index (χ2v) is 11.7. The Kier molecular flexibility index (Phi) is 9.21. The molecule has 12 heteroatoms. The Morgan fingerprint density at radius 1 is 1.08 bits per heavy atom. The second-order valence-electron chi connectivity index (χ2n) is 8.70. The van der Waals surface area contributed by atoms with E-state index in [0.717, 1.165) is 16.0 Å². The Labute approximate surface area is 231 Å². The molecule has 0 fully saturated rings. The first kappa shape index (κ1) is 28.5. The quantitative estimate of drug-likeness (QED) is 0.348. The topological polar surface area (TPSA) is 127 Å². The van der Waals surface area contributed by atoms with E-state index in [1.54, 1.807) is 0 Å². The first-order valence-electron chi connectivity index (χ1n) is 12.1. The summed E-state index contributed by atoms with van der Waals surface area (Å²) in [4.78, 5) is 14.0. The van der Waals surface area contributed by atoms with Gasteiger partial charge in [-0.1, -0.05) is 6.07 Å². The van der Waals surface area contributed by atoms with Crippen molar-refractivity contribution in [2.45, 2.75) is 18.2 Å². The fourth-order valence-electron chi connectivity index (χ4n) is 4.03. The highest BCUT2D eigenvalue weighted by atomic mass is 32.2. The molecule has 0 radical (unpaired) electrons. The summed E-state index contributed by atoms with van der Waals surface area (Å²) in [6.45, 7) is 2.87. The number of sulfonamides is 1. The van der Waals surface area contributed by atoms with Crippen LogP contribution in [-0.2, 0) is 25.9 Å². The van der Waals surface area contributed by atoms with Gasteiger partial charge in [-0.3, -0.25) is 4.79 Å². The summed E-state index contributed by atoms with van der Waals surface area (Å²) >= 11 is 1.34. The van der Waals surface area contributed by atoms with Crippen LogP contribution in [0.4, 0.5) is 5.00 Å². The van der Waals surface area contributed by atoms with Crippen LogP contribution in [-0.4, -0.2) is 65.9 Å². The van der Waals surface area contributed by atoms with Gasteiger partial charge in [-0.25, -0.2) is 8.42 Å². The van der Waals surface area contributed by atoms with E-state index in [9.17, 15) is 18.5 Å². The number of anilines is 1. The molecular formula is C27H29N3O7S2. The molecule has 10 nitrogen and oxygen atoms in total. The van der Waals surface area contributed by atoms with Gasteiger partial charge in [0.25, 0.3) is 5.91 Å². The number of nitriles is 1. The lowest BCUT2D eigenvalue weighted by Gasteiger charge is -2.21. The number of carbonyl (C=O) groups is 1. The number of amides is 1. The predicted molar refractivity (Wildman–Crippen MR) is 146 cm³/mol. The van der Waals surface area contributed by atoms with Crippen molar-refractivity contribution in [2.24, 2.45) is 0 Å². The lowest BCUT2D eigenvalue weighted by molar-refractivity contribution is 0.102. The van der Waals surface area contributed by atoms with Crippen LogP contribution in [0.1, 0.15) is 31.9 Å². The Morgan fingerprint density at radius 2 is 1.74 bits per heavy atom. The minimum absolute atomic E-state index is 0.0574. The zero-order valence-corrected chi connectivity index (χ0v) is 23.5. The first-order valence-corrected chi connectivity index (χ1v) is 14.3. The van der Waals surface area contributed by atoms with E-state index < -0.39 is 15.9 Å². The zero-order valence-electron chi connectivity index (χ0n) is 21.9. The molecule has 39 heavy (non-hydrogen) atoms. The van der Waals surface area contributed by atoms with Crippen LogP contribution in [0.2, 0.25) is 0 Å². The lowest BCUT2D eigenvalue weighted by atomic mass is 10.1. The number of ether oxygens (including phenoxy) is 4. The molecule has 0 saturated carbocycles. The van der Waals surface area contributed by atoms with E-state index in [0.29, 0.717) is 28.5 Å². The van der Waals surface area contributed by atoms with Crippen molar-refractivity contribution in [3.8, 4) is 17.6 Å². The Bertz CT molecular complexity index is 1470. The van der Waals surface area contributed by atoms with E-state index in [1.807, 2.05) is 25.1 Å². The summed E-state index contributed by atoms with van der Waals surface area (Å²) in [5.74, 6) is 0.937. The van der Waals surface area contributed by atoms with Gasteiger partial charge < -0.3 is 24.3 Å². The minimum Gasteiger partial charge on any atom is -0.454 e. The molecule has 4 rings (SSSR count). The number of thiophene rings is 1. The smallest absolute Gasteiger partial charge is 0.256 e. The highest BCUT2D eigenvalue weighted by molar-refractivity contribution is 7.89. The maximum absolute atomic E-state index is 13.1. The molecule has 0 bridgehead atoms. The molecule has 0 spiro atoms. The zero-order chi connectivity index (χ0) is 28.0. The fraction of sp³-hybridized carbons (Fsp3) is 0.333. The summed E-state index contributed by atoms with van der Waals surface area (Å²) in [7, 11) is -0.806. The number of hydrogen-bond acceptors (Lipinski definition) is 9. The van der Waals surface area contributed by atoms with Gasteiger partial charge in [-0.05, 0) is 54.4 Å². The molecule has 0 atom stereocenters. The van der Waals surface area contributed by atoms with Crippen molar-refractivity contribution < 1.29 is 32.2 Å². The summed E-state index contributed by atoms with van der Waals surface area (Å²) in [6, 6.07) is 13.6. The molecular weight excluding hydrogens is 542 g/mol. The van der Waals surface area contributed by atoms with Crippen molar-refractivity contribution in [3.05, 3.63) is 69.6 Å². The second kappa shape index (κ2) is 12.6. The van der Waals surface area contributed by atoms with Gasteiger partial charge in [0.05, 0.1) is 23.7 Å². The Balaban J connectivity index is 1.49. The first-order chi connectivity index (χ1) is 18.8. The SMILES string of the molecule is COCCN(CCOC)S(=O)(=O)c1ccc(C(=O)Nc2sc(Cc3ccc4c(c3)OCO4)c(C)c2C#N)cc1. The van der Waals surface area contributed by atoms with E-state index >= 15 is 0 Å². The largest absolute Gasteiger partial charge is 0.454 e. The van der Waals surface area contributed by atoms with Crippen molar-refractivity contribution in [1.29, 1.82) is 5.26 Å². The molecule has 206 valence electrons. The third-order valence-corrected chi connectivity index (χ3v) is 9.35. The third-order valence-electron chi connectivity index (χ3n) is 6.23. The van der Waals surface area contributed by atoms with Gasteiger partial charge in [0.15, 0.2) is 11.5 Å². The normalized spacial score (nSPS) is 12.5. The number of nitrogens with one attached hydrogen (secondary N) is 1. The fourth-order valence-corrected chi connectivity index (χ4v) is 6.62. The molecule has 3 aromatic rings. The molecule has 2 heterocycles. The van der Waals surface area contributed by atoms with E-state index in [2.05, 4.69) is 11.4 Å². The minimum atomic E-state index is -3.81. The van der Waals surface area contributed by atoms with Gasteiger partial charge in [0, 0.05) is 44.2 Å². The maximum atomic E-state index is 13.1. The number of methoxy groups -OCH3 is 2. The van der Waals surface area contributed by atoms with Crippen molar-refractivity contribution >= 4 is 32.3 Å². The van der Waals surface area contributed by atoms with Crippen LogP contribution in [0.3, 0.4) is 0 Å². The number of nitrogens with zero attached hydrogens (tertiary/aromatic N) is 2. The van der Waals surface area contributed by atoms with Gasteiger partial charge >= 0.3 is 0 Å². The van der Waals surface area contributed by atoms with Gasteiger partial charge in [-0.2, -0.15) is 9.57 Å². The molecule has 1 aliphatic heterocycles. The number of rotatable bonds is 12. The summed E-state index contributed by atoms with van der Waals surface area (Å²) in [5.41, 5.74) is 2.45. The number of benzene rings is 2. The highest BCUT2D eigenvalue weighted by Crippen LogP contribution is 2.37. The van der Waals surface area contributed by atoms with Gasteiger partial charge in [-0.15, -0.1) is 11.3 Å². The molecule has 1 aromatic heterocycles. The lowest BCUT2D eigenvalue weighted by Crippen LogP contribution is -2.36. The van der Waals surface area contributed by atoms with Crippen LogP contribution in [0.15, 0.2) is 47.4 Å². The highest BCUT2D eigenvalue weighted by Gasteiger charge is 2.25. The summed E-state index contributed by atoms with van der Waals surface area (Å²) in [6.07, 6.45) is 0.562. The van der Waals surface area contributed by atoms with E-state index in [-0.39, 0.29) is 43.6 Å². The third kappa shape index (κ3) is 6.41. The van der Waals surface area contributed by atoms with Crippen molar-refractivity contribution in [1.82, 2.24) is 4.31 Å². The van der Waals surface area contributed by atoms with Crippen LogP contribution in [0, 0.1) is 18.3 Å². The number of carbonyl (C=O) groups excluding carboxylic acids is 1. The van der Waals surface area contributed by atoms with Gasteiger partial charge in [0.1, 0.15) is 11.1 Å². The Morgan fingerprint density at radius 3 is 2.38 bits per heavy atom. The molecule has 1 N–H and O–H groups in total. The Hall–Kier alpha value is -3.47. The monoisotopic (exact) mass is 571 g/mol. The van der Waals surface area contributed by atoms with Crippen LogP contribution < -0.4 is 14.8 Å². The summed E-state index contributed by atoms with van der Waals surface area (Å²) < 4.78 is 48.4. The van der Waals surface area contributed by atoms with Crippen molar-refractivity contribution in [3.63, 3.8) is 0 Å². The molecule has 1 amide bonds. The van der Waals surface area contributed by atoms with Crippen molar-refractivity contribution in [2.75, 3.05) is 52.6 Å². The number of fused-ring (bicyclic) bond motifs is 1. The molecule has 0 aliphatic carbocycles. The van der Waals surface area contributed by atoms with Gasteiger partial charge in [0.2, 0.25) is 16.8 Å². The number of hydrogen-bond donors (Lipinski definition) is 1. The molecule has 2 aromatic carbocycles. The van der Waals surface area contributed by atoms with E-state index in [1.165, 1.54) is 54.1 Å².